The fraction of sp³-hybridized carbons (Fsp3) is 0.409. The van der Waals surface area contributed by atoms with E-state index in [0.717, 1.165) is 31.7 Å². The summed E-state index contributed by atoms with van der Waals surface area (Å²) in [6, 6.07) is 19.0. The van der Waals surface area contributed by atoms with Crippen molar-refractivity contribution >= 4 is 11.6 Å². The van der Waals surface area contributed by atoms with E-state index in [2.05, 4.69) is 67.7 Å². The molecule has 1 fully saturated rings. The van der Waals surface area contributed by atoms with Crippen molar-refractivity contribution < 1.29 is 4.74 Å². The first-order valence-corrected chi connectivity index (χ1v) is 9.39. The van der Waals surface area contributed by atoms with Gasteiger partial charge in [-0.2, -0.15) is 0 Å². The van der Waals surface area contributed by atoms with Gasteiger partial charge in [-0.15, -0.1) is 0 Å². The van der Waals surface area contributed by atoms with Crippen LogP contribution in [0.25, 0.3) is 0 Å². The molecule has 0 atom stereocenters. The summed E-state index contributed by atoms with van der Waals surface area (Å²) in [5.41, 5.74) is 9.79. The molecule has 0 spiro atoms. The Bertz CT molecular complexity index is 734. The van der Waals surface area contributed by atoms with Gasteiger partial charge in [0.15, 0.2) is 5.96 Å². The largest absolute Gasteiger partial charge is 0.381 e. The third-order valence-corrected chi connectivity index (χ3v) is 5.21. The lowest BCUT2D eigenvalue weighted by molar-refractivity contribution is 0.0531. The van der Waals surface area contributed by atoms with Crippen molar-refractivity contribution in [2.75, 3.05) is 25.1 Å². The Kier molecular flexibility index (Phi) is 5.94. The molecule has 26 heavy (non-hydrogen) atoms. The highest BCUT2D eigenvalue weighted by atomic mass is 16.5. The van der Waals surface area contributed by atoms with Crippen LogP contribution in [0.2, 0.25) is 0 Å². The molecule has 1 saturated heterocycles. The van der Waals surface area contributed by atoms with E-state index in [0.29, 0.717) is 18.4 Å². The molecule has 1 heterocycles. The number of benzene rings is 2. The van der Waals surface area contributed by atoms with Gasteiger partial charge in [0, 0.05) is 24.3 Å². The Morgan fingerprint density at radius 2 is 1.85 bits per heavy atom. The molecule has 3 rings (SSSR count). The minimum absolute atomic E-state index is 0.00555. The minimum Gasteiger partial charge on any atom is -0.381 e. The van der Waals surface area contributed by atoms with Crippen molar-refractivity contribution in [3.05, 3.63) is 65.7 Å². The second kappa shape index (κ2) is 8.37. The lowest BCUT2D eigenvalue weighted by Crippen LogP contribution is -2.38. The summed E-state index contributed by atoms with van der Waals surface area (Å²) in [4.78, 5) is 4.69. The number of nitrogens with one attached hydrogen (secondary N) is 1. The van der Waals surface area contributed by atoms with E-state index < -0.39 is 0 Å². The van der Waals surface area contributed by atoms with Crippen LogP contribution in [0, 0.1) is 0 Å². The third-order valence-electron chi connectivity index (χ3n) is 5.21. The number of aliphatic imine (C=N–C) groups is 1. The fourth-order valence-electron chi connectivity index (χ4n) is 3.49. The third kappa shape index (κ3) is 4.44. The number of hydrogen-bond acceptors (Lipinski definition) is 2. The molecular weight excluding hydrogens is 322 g/mol. The van der Waals surface area contributed by atoms with Crippen LogP contribution in [-0.2, 0) is 10.2 Å². The molecule has 138 valence electrons. The molecule has 4 nitrogen and oxygen atoms in total. The van der Waals surface area contributed by atoms with Gasteiger partial charge in [0.05, 0.1) is 6.54 Å². The Hall–Kier alpha value is -2.33. The predicted octanol–water partition coefficient (Wildman–Crippen LogP) is 4.29. The zero-order valence-electron chi connectivity index (χ0n) is 15.7. The van der Waals surface area contributed by atoms with Crippen molar-refractivity contribution in [1.29, 1.82) is 0 Å². The monoisotopic (exact) mass is 351 g/mol. The Morgan fingerprint density at radius 3 is 2.54 bits per heavy atom. The molecule has 0 amide bonds. The summed E-state index contributed by atoms with van der Waals surface area (Å²) >= 11 is 0. The molecular formula is C22H29N3O. The smallest absolute Gasteiger partial charge is 0.193 e. The first-order valence-electron chi connectivity index (χ1n) is 9.39. The van der Waals surface area contributed by atoms with Crippen LogP contribution in [0.4, 0.5) is 5.69 Å². The summed E-state index contributed by atoms with van der Waals surface area (Å²) < 4.78 is 5.59. The normalized spacial score (nSPS) is 17.3. The molecule has 3 N–H and O–H groups in total. The summed E-state index contributed by atoms with van der Waals surface area (Å²) in [5, 5.41) is 3.24. The quantitative estimate of drug-likeness (QED) is 0.624. The van der Waals surface area contributed by atoms with Crippen LogP contribution in [0.15, 0.2) is 59.6 Å². The summed E-state index contributed by atoms with van der Waals surface area (Å²) in [6.07, 6.45) is 1.94. The number of ether oxygens (including phenoxy) is 1. The van der Waals surface area contributed by atoms with Gasteiger partial charge in [-0.1, -0.05) is 56.3 Å². The number of guanidine groups is 1. The van der Waals surface area contributed by atoms with Crippen molar-refractivity contribution in [3.8, 4) is 0 Å². The maximum Gasteiger partial charge on any atom is 0.193 e. The molecule has 1 aliphatic heterocycles. The van der Waals surface area contributed by atoms with Crippen molar-refractivity contribution in [2.24, 2.45) is 10.7 Å². The number of nitrogens with zero attached hydrogens (tertiary/aromatic N) is 1. The van der Waals surface area contributed by atoms with Crippen LogP contribution < -0.4 is 11.1 Å². The van der Waals surface area contributed by atoms with Crippen molar-refractivity contribution in [3.63, 3.8) is 0 Å². The number of nitrogens with two attached hydrogens (primary N) is 1. The van der Waals surface area contributed by atoms with E-state index in [1.807, 2.05) is 6.07 Å². The van der Waals surface area contributed by atoms with Crippen molar-refractivity contribution in [1.82, 2.24) is 0 Å². The summed E-state index contributed by atoms with van der Waals surface area (Å²) in [5.74, 6) is 0.950. The van der Waals surface area contributed by atoms with E-state index >= 15 is 0 Å². The van der Waals surface area contributed by atoms with Gasteiger partial charge in [-0.05, 0) is 42.0 Å². The van der Waals surface area contributed by atoms with Gasteiger partial charge < -0.3 is 15.8 Å². The van der Waals surface area contributed by atoms with Crippen LogP contribution in [0.5, 0.6) is 0 Å². The van der Waals surface area contributed by atoms with E-state index in [1.54, 1.807) is 0 Å². The maximum atomic E-state index is 6.19. The lowest BCUT2D eigenvalue weighted by Gasteiger charge is -2.36. The number of rotatable bonds is 5. The Morgan fingerprint density at radius 1 is 1.12 bits per heavy atom. The zero-order valence-corrected chi connectivity index (χ0v) is 15.7. The first-order chi connectivity index (χ1) is 12.6. The molecule has 0 saturated carbocycles. The van der Waals surface area contributed by atoms with E-state index in [-0.39, 0.29) is 5.41 Å². The molecule has 0 aromatic heterocycles. The van der Waals surface area contributed by atoms with Crippen LogP contribution in [0.1, 0.15) is 43.7 Å². The highest BCUT2D eigenvalue weighted by Gasteiger charge is 2.34. The maximum absolute atomic E-state index is 6.19. The summed E-state index contributed by atoms with van der Waals surface area (Å²) in [7, 11) is 0. The zero-order chi connectivity index (χ0) is 18.4. The van der Waals surface area contributed by atoms with Crippen LogP contribution in [0.3, 0.4) is 0 Å². The van der Waals surface area contributed by atoms with Gasteiger partial charge in [0.2, 0.25) is 0 Å². The Labute approximate surface area is 156 Å². The van der Waals surface area contributed by atoms with Gasteiger partial charge >= 0.3 is 0 Å². The molecule has 0 radical (unpaired) electrons. The van der Waals surface area contributed by atoms with E-state index in [1.165, 1.54) is 11.1 Å². The minimum atomic E-state index is 0.00555. The molecule has 2 aromatic rings. The lowest BCUT2D eigenvalue weighted by atomic mass is 9.74. The van der Waals surface area contributed by atoms with Crippen LogP contribution >= 0.6 is 0 Å². The first kappa shape index (κ1) is 18.5. The van der Waals surface area contributed by atoms with Gasteiger partial charge in [0.1, 0.15) is 0 Å². The SMILES string of the molecule is CC(C)c1cccc(NC(N)=NCC2(c3ccccc3)CCOCC2)c1. The second-order valence-corrected chi connectivity index (χ2v) is 7.37. The van der Waals surface area contributed by atoms with E-state index in [4.69, 9.17) is 15.5 Å². The second-order valence-electron chi connectivity index (χ2n) is 7.37. The van der Waals surface area contributed by atoms with Gasteiger partial charge in [-0.25, -0.2) is 0 Å². The van der Waals surface area contributed by atoms with Crippen molar-refractivity contribution in [2.45, 2.75) is 38.0 Å². The molecule has 0 unspecified atom stereocenters. The predicted molar refractivity (Wildman–Crippen MR) is 109 cm³/mol. The molecule has 0 aliphatic carbocycles. The Balaban J connectivity index is 1.74. The summed E-state index contributed by atoms with van der Waals surface area (Å²) in [6.45, 7) is 6.59. The average Bonchev–Trinajstić information content (AvgIpc) is 2.68. The van der Waals surface area contributed by atoms with Crippen LogP contribution in [-0.4, -0.2) is 25.7 Å². The average molecular weight is 351 g/mol. The topological polar surface area (TPSA) is 59.6 Å². The van der Waals surface area contributed by atoms with Gasteiger partial charge in [0.25, 0.3) is 0 Å². The highest BCUT2D eigenvalue weighted by molar-refractivity contribution is 5.92. The fourth-order valence-corrected chi connectivity index (χ4v) is 3.49. The molecule has 4 heteroatoms. The molecule has 1 aliphatic rings. The molecule has 2 aromatic carbocycles. The highest BCUT2D eigenvalue weighted by Crippen LogP contribution is 2.35. The standard InChI is InChI=1S/C22H29N3O/c1-17(2)18-7-6-10-20(15-18)25-21(23)24-16-22(11-13-26-14-12-22)19-8-4-3-5-9-19/h3-10,15,17H,11-14,16H2,1-2H3,(H3,23,24,25). The number of anilines is 1. The van der Waals surface area contributed by atoms with Gasteiger partial charge in [-0.3, -0.25) is 4.99 Å². The number of hydrogen-bond donors (Lipinski definition) is 2. The van der Waals surface area contributed by atoms with E-state index in [9.17, 15) is 0 Å². The molecule has 0 bridgehead atoms.